The molecule has 1 aliphatic carbocycles. The number of hydrogen-bond acceptors (Lipinski definition) is 4. The van der Waals surface area contributed by atoms with Crippen molar-refractivity contribution in [3.8, 4) is 0 Å². The highest BCUT2D eigenvalue weighted by Crippen LogP contribution is 2.30. The first-order valence-corrected chi connectivity index (χ1v) is 7.85. The zero-order valence-corrected chi connectivity index (χ0v) is 12.4. The molecular weight excluding hydrogens is 240 g/mol. The Balaban J connectivity index is 1.92. The molecule has 4 heteroatoms. The lowest BCUT2D eigenvalue weighted by Crippen LogP contribution is -2.59. The van der Waals surface area contributed by atoms with Gasteiger partial charge in [-0.15, -0.1) is 0 Å². The maximum absolute atomic E-state index is 12.3. The number of piperidine rings is 1. The van der Waals surface area contributed by atoms with Crippen LogP contribution in [0.25, 0.3) is 0 Å². The van der Waals surface area contributed by atoms with Crippen LogP contribution in [0.4, 0.5) is 0 Å². The van der Waals surface area contributed by atoms with Gasteiger partial charge in [0.2, 0.25) is 0 Å². The normalized spacial score (nSPS) is 23.3. The highest BCUT2D eigenvalue weighted by atomic mass is 16.5. The maximum Gasteiger partial charge on any atom is 0.326 e. The smallest absolute Gasteiger partial charge is 0.326 e. The molecule has 19 heavy (non-hydrogen) atoms. The predicted molar refractivity (Wildman–Crippen MR) is 76.1 cm³/mol. The summed E-state index contributed by atoms with van der Waals surface area (Å²) in [5, 5.41) is 3.54. The minimum Gasteiger partial charge on any atom is -0.465 e. The van der Waals surface area contributed by atoms with E-state index in [1.165, 1.54) is 19.3 Å². The van der Waals surface area contributed by atoms with Gasteiger partial charge in [-0.05, 0) is 58.0 Å². The summed E-state index contributed by atoms with van der Waals surface area (Å²) in [7, 11) is 0. The standard InChI is InChI=1S/C15H28N2O2/c1-3-9-17-10-7-15(8-11-17,14(18)19-4-2)16-12-13-5-6-13/h13,16H,3-12H2,1-2H3. The highest BCUT2D eigenvalue weighted by Gasteiger charge is 2.43. The van der Waals surface area contributed by atoms with Gasteiger partial charge in [0.15, 0.2) is 0 Å². The second-order valence-electron chi connectivity index (χ2n) is 5.97. The van der Waals surface area contributed by atoms with E-state index in [-0.39, 0.29) is 5.97 Å². The Bertz CT molecular complexity index is 295. The molecule has 1 heterocycles. The Kier molecular flexibility index (Phi) is 5.22. The quantitative estimate of drug-likeness (QED) is 0.715. The summed E-state index contributed by atoms with van der Waals surface area (Å²) in [6.45, 7) is 8.70. The van der Waals surface area contributed by atoms with Crippen LogP contribution < -0.4 is 5.32 Å². The topological polar surface area (TPSA) is 41.6 Å². The fourth-order valence-electron chi connectivity index (χ4n) is 2.86. The van der Waals surface area contributed by atoms with E-state index in [0.29, 0.717) is 6.61 Å². The van der Waals surface area contributed by atoms with Crippen LogP contribution in [0.15, 0.2) is 0 Å². The van der Waals surface area contributed by atoms with Gasteiger partial charge in [-0.3, -0.25) is 4.79 Å². The Labute approximate surface area is 116 Å². The molecule has 0 radical (unpaired) electrons. The predicted octanol–water partition coefficient (Wildman–Crippen LogP) is 1.79. The molecule has 2 fully saturated rings. The van der Waals surface area contributed by atoms with Crippen molar-refractivity contribution in [3.05, 3.63) is 0 Å². The molecule has 2 rings (SSSR count). The van der Waals surface area contributed by atoms with Crippen LogP contribution in [-0.2, 0) is 9.53 Å². The van der Waals surface area contributed by atoms with Gasteiger partial charge in [0.1, 0.15) is 5.54 Å². The average Bonchev–Trinajstić information content (AvgIpc) is 3.23. The van der Waals surface area contributed by atoms with Crippen molar-refractivity contribution in [2.45, 2.75) is 51.5 Å². The van der Waals surface area contributed by atoms with Crippen molar-refractivity contribution in [2.24, 2.45) is 5.92 Å². The van der Waals surface area contributed by atoms with Crippen LogP contribution in [0.3, 0.4) is 0 Å². The third kappa shape index (κ3) is 3.93. The van der Waals surface area contributed by atoms with E-state index in [1.54, 1.807) is 0 Å². The number of rotatable bonds is 7. The molecule has 1 saturated carbocycles. The molecule has 0 atom stereocenters. The van der Waals surface area contributed by atoms with Gasteiger partial charge < -0.3 is 15.0 Å². The van der Waals surface area contributed by atoms with Gasteiger partial charge in [0, 0.05) is 13.1 Å². The first-order valence-electron chi connectivity index (χ1n) is 7.85. The zero-order chi connectivity index (χ0) is 13.7. The van der Waals surface area contributed by atoms with Gasteiger partial charge in [-0.1, -0.05) is 6.92 Å². The van der Waals surface area contributed by atoms with Crippen molar-refractivity contribution >= 4 is 5.97 Å². The van der Waals surface area contributed by atoms with Crippen LogP contribution in [0.2, 0.25) is 0 Å². The van der Waals surface area contributed by atoms with E-state index in [4.69, 9.17) is 4.74 Å². The molecular formula is C15H28N2O2. The molecule has 0 bridgehead atoms. The Morgan fingerprint density at radius 3 is 2.53 bits per heavy atom. The third-order valence-electron chi connectivity index (χ3n) is 4.34. The summed E-state index contributed by atoms with van der Waals surface area (Å²) in [5.74, 6) is 0.756. The Morgan fingerprint density at radius 1 is 1.32 bits per heavy atom. The first-order chi connectivity index (χ1) is 9.20. The van der Waals surface area contributed by atoms with Crippen LogP contribution >= 0.6 is 0 Å². The number of ether oxygens (including phenoxy) is 1. The summed E-state index contributed by atoms with van der Waals surface area (Å²) in [6, 6.07) is 0. The van der Waals surface area contributed by atoms with Crippen LogP contribution in [-0.4, -0.2) is 49.2 Å². The summed E-state index contributed by atoms with van der Waals surface area (Å²) >= 11 is 0. The van der Waals surface area contributed by atoms with Crippen molar-refractivity contribution in [2.75, 3.05) is 32.8 Å². The molecule has 1 aliphatic heterocycles. The monoisotopic (exact) mass is 268 g/mol. The SMILES string of the molecule is CCCN1CCC(NCC2CC2)(C(=O)OCC)CC1. The van der Waals surface area contributed by atoms with E-state index in [1.807, 2.05) is 6.92 Å². The first kappa shape index (κ1) is 14.8. The van der Waals surface area contributed by atoms with E-state index in [2.05, 4.69) is 17.1 Å². The molecule has 4 nitrogen and oxygen atoms in total. The van der Waals surface area contributed by atoms with Crippen LogP contribution in [0.1, 0.15) is 46.0 Å². The molecule has 0 amide bonds. The molecule has 0 aromatic rings. The van der Waals surface area contributed by atoms with E-state index in [9.17, 15) is 4.79 Å². The van der Waals surface area contributed by atoms with Crippen molar-refractivity contribution < 1.29 is 9.53 Å². The zero-order valence-electron chi connectivity index (χ0n) is 12.4. The molecule has 0 aromatic carbocycles. The summed E-state index contributed by atoms with van der Waals surface area (Å²) in [4.78, 5) is 14.8. The van der Waals surface area contributed by atoms with E-state index < -0.39 is 5.54 Å². The van der Waals surface area contributed by atoms with Gasteiger partial charge in [0.25, 0.3) is 0 Å². The molecule has 0 aromatic heterocycles. The van der Waals surface area contributed by atoms with Gasteiger partial charge in [0.05, 0.1) is 6.61 Å². The van der Waals surface area contributed by atoms with Gasteiger partial charge >= 0.3 is 5.97 Å². The molecule has 0 spiro atoms. The van der Waals surface area contributed by atoms with Crippen LogP contribution in [0, 0.1) is 5.92 Å². The third-order valence-corrected chi connectivity index (χ3v) is 4.34. The summed E-state index contributed by atoms with van der Waals surface area (Å²) < 4.78 is 5.31. The molecule has 2 aliphatic rings. The lowest BCUT2D eigenvalue weighted by molar-refractivity contribution is -0.153. The van der Waals surface area contributed by atoms with E-state index >= 15 is 0 Å². The summed E-state index contributed by atoms with van der Waals surface area (Å²) in [5.41, 5.74) is -0.414. The summed E-state index contributed by atoms with van der Waals surface area (Å²) in [6.07, 6.45) is 5.58. The number of likely N-dealkylation sites (tertiary alicyclic amines) is 1. The number of nitrogens with one attached hydrogen (secondary N) is 1. The van der Waals surface area contributed by atoms with Crippen LogP contribution in [0.5, 0.6) is 0 Å². The maximum atomic E-state index is 12.3. The Hall–Kier alpha value is -0.610. The average molecular weight is 268 g/mol. The second kappa shape index (κ2) is 6.71. The molecule has 0 unspecified atom stereocenters. The molecule has 110 valence electrons. The largest absolute Gasteiger partial charge is 0.465 e. The minimum absolute atomic E-state index is 0.0354. The lowest BCUT2D eigenvalue weighted by Gasteiger charge is -2.40. The van der Waals surface area contributed by atoms with Crippen molar-refractivity contribution in [1.29, 1.82) is 0 Å². The highest BCUT2D eigenvalue weighted by molar-refractivity contribution is 5.81. The molecule has 1 saturated heterocycles. The number of hydrogen-bond donors (Lipinski definition) is 1. The minimum atomic E-state index is -0.414. The van der Waals surface area contributed by atoms with Crippen molar-refractivity contribution in [1.82, 2.24) is 10.2 Å². The fourth-order valence-corrected chi connectivity index (χ4v) is 2.86. The molecule has 1 N–H and O–H groups in total. The fraction of sp³-hybridized carbons (Fsp3) is 0.933. The second-order valence-corrected chi connectivity index (χ2v) is 5.97. The van der Waals surface area contributed by atoms with Gasteiger partial charge in [-0.2, -0.15) is 0 Å². The van der Waals surface area contributed by atoms with Gasteiger partial charge in [-0.25, -0.2) is 0 Å². The van der Waals surface area contributed by atoms with E-state index in [0.717, 1.165) is 44.9 Å². The lowest BCUT2D eigenvalue weighted by atomic mass is 9.87. The number of carbonyl (C=O) groups excluding carboxylic acids is 1. The number of nitrogens with zero attached hydrogens (tertiary/aromatic N) is 1. The number of carbonyl (C=O) groups is 1. The number of esters is 1. The van der Waals surface area contributed by atoms with Crippen molar-refractivity contribution in [3.63, 3.8) is 0 Å². The Morgan fingerprint density at radius 2 is 2.00 bits per heavy atom.